The maximum atomic E-state index is 13.7. The fourth-order valence-corrected chi connectivity index (χ4v) is 2.23. The van der Waals surface area contributed by atoms with Crippen LogP contribution in [0.5, 0.6) is 0 Å². The van der Waals surface area contributed by atoms with Gasteiger partial charge in [0.1, 0.15) is 5.82 Å². The van der Waals surface area contributed by atoms with Crippen LogP contribution in [0.15, 0.2) is 42.5 Å². The van der Waals surface area contributed by atoms with Crippen LogP contribution in [0.1, 0.15) is 11.1 Å². The summed E-state index contributed by atoms with van der Waals surface area (Å²) in [6.45, 7) is 2.21. The molecule has 6 heteroatoms. The predicted octanol–water partition coefficient (Wildman–Crippen LogP) is 2.42. The van der Waals surface area contributed by atoms with Crippen molar-refractivity contribution in [2.75, 3.05) is 5.73 Å². The molecule has 2 aromatic carbocycles. The summed E-state index contributed by atoms with van der Waals surface area (Å²) in [5, 5.41) is 11.7. The van der Waals surface area contributed by atoms with E-state index in [2.05, 4.69) is 15.5 Å². The van der Waals surface area contributed by atoms with Gasteiger partial charge in [-0.25, -0.2) is 9.07 Å². The van der Waals surface area contributed by atoms with Gasteiger partial charge in [0.25, 0.3) is 0 Å². The molecule has 2 N–H and O–H groups in total. The Morgan fingerprint density at radius 2 is 2.00 bits per heavy atom. The van der Waals surface area contributed by atoms with Gasteiger partial charge in [-0.3, -0.25) is 0 Å². The van der Waals surface area contributed by atoms with Crippen molar-refractivity contribution in [1.29, 1.82) is 0 Å². The number of rotatable bonds is 3. The van der Waals surface area contributed by atoms with Crippen LogP contribution < -0.4 is 5.73 Å². The zero-order valence-corrected chi connectivity index (χ0v) is 11.5. The zero-order chi connectivity index (χ0) is 14.8. The number of hydrogen-bond acceptors (Lipinski definition) is 4. The fourth-order valence-electron chi connectivity index (χ4n) is 2.23. The van der Waals surface area contributed by atoms with Gasteiger partial charge in [0.2, 0.25) is 0 Å². The van der Waals surface area contributed by atoms with Crippen molar-refractivity contribution in [3.8, 4) is 11.4 Å². The van der Waals surface area contributed by atoms with Crippen molar-refractivity contribution < 1.29 is 4.39 Å². The summed E-state index contributed by atoms with van der Waals surface area (Å²) in [4.78, 5) is 0. The molecular weight excluding hydrogens is 269 g/mol. The number of benzene rings is 2. The quantitative estimate of drug-likeness (QED) is 0.749. The van der Waals surface area contributed by atoms with Crippen molar-refractivity contribution in [2.24, 2.45) is 0 Å². The Hall–Kier alpha value is -2.76. The Bertz CT molecular complexity index is 781. The molecule has 5 nitrogen and oxygen atoms in total. The van der Waals surface area contributed by atoms with Gasteiger partial charge in [-0.1, -0.05) is 18.2 Å². The molecule has 3 aromatic rings. The number of aryl methyl sites for hydroxylation is 1. The van der Waals surface area contributed by atoms with E-state index in [0.29, 0.717) is 17.1 Å². The number of aromatic nitrogens is 4. The summed E-state index contributed by atoms with van der Waals surface area (Å²) in [6.07, 6.45) is 0. The van der Waals surface area contributed by atoms with Crippen molar-refractivity contribution in [3.63, 3.8) is 0 Å². The number of anilines is 1. The van der Waals surface area contributed by atoms with E-state index < -0.39 is 0 Å². The first kappa shape index (κ1) is 13.2. The van der Waals surface area contributed by atoms with E-state index in [-0.39, 0.29) is 12.4 Å². The lowest BCUT2D eigenvalue weighted by atomic mass is 10.1. The van der Waals surface area contributed by atoms with Crippen LogP contribution in [0.3, 0.4) is 0 Å². The van der Waals surface area contributed by atoms with E-state index in [1.54, 1.807) is 28.9 Å². The number of nitrogens with two attached hydrogens (primary N) is 1. The first-order chi connectivity index (χ1) is 10.1. The number of halogens is 1. The summed E-state index contributed by atoms with van der Waals surface area (Å²) in [6, 6.07) is 12.1. The van der Waals surface area contributed by atoms with E-state index in [0.717, 1.165) is 11.1 Å². The van der Waals surface area contributed by atoms with Gasteiger partial charge < -0.3 is 5.73 Å². The van der Waals surface area contributed by atoms with Crippen LogP contribution >= 0.6 is 0 Å². The molecule has 0 unspecified atom stereocenters. The third-order valence-corrected chi connectivity index (χ3v) is 3.30. The second kappa shape index (κ2) is 5.32. The second-order valence-electron chi connectivity index (χ2n) is 4.83. The molecule has 0 spiro atoms. The van der Waals surface area contributed by atoms with E-state index >= 15 is 0 Å². The highest BCUT2D eigenvalue weighted by Crippen LogP contribution is 2.23. The van der Waals surface area contributed by atoms with E-state index in [4.69, 9.17) is 5.73 Å². The molecule has 1 heterocycles. The molecule has 0 radical (unpaired) electrons. The fraction of sp³-hybridized carbons (Fsp3) is 0.133. The predicted molar refractivity (Wildman–Crippen MR) is 77.9 cm³/mol. The monoisotopic (exact) mass is 283 g/mol. The van der Waals surface area contributed by atoms with Crippen LogP contribution in [-0.2, 0) is 6.54 Å². The minimum absolute atomic E-state index is 0.270. The average Bonchev–Trinajstić information content (AvgIpc) is 2.89. The van der Waals surface area contributed by atoms with E-state index in [9.17, 15) is 4.39 Å². The van der Waals surface area contributed by atoms with E-state index in [1.807, 2.05) is 19.1 Å². The van der Waals surface area contributed by atoms with Crippen LogP contribution in [0.2, 0.25) is 0 Å². The maximum absolute atomic E-state index is 13.7. The van der Waals surface area contributed by atoms with Crippen LogP contribution in [0, 0.1) is 12.7 Å². The minimum atomic E-state index is -0.270. The highest BCUT2D eigenvalue weighted by molar-refractivity contribution is 5.63. The molecule has 106 valence electrons. The van der Waals surface area contributed by atoms with Gasteiger partial charge in [-0.2, -0.15) is 0 Å². The lowest BCUT2D eigenvalue weighted by Gasteiger charge is -2.08. The SMILES string of the molecule is Cc1cc(N)ccc1-c1nnnn1Cc1ccccc1F. The lowest BCUT2D eigenvalue weighted by Crippen LogP contribution is -2.06. The summed E-state index contributed by atoms with van der Waals surface area (Å²) in [5.41, 5.74) is 8.83. The largest absolute Gasteiger partial charge is 0.399 e. The molecule has 0 bridgehead atoms. The molecule has 0 aliphatic rings. The molecular formula is C15H14FN5. The summed E-state index contributed by atoms with van der Waals surface area (Å²) >= 11 is 0. The molecule has 0 amide bonds. The van der Waals surface area contributed by atoms with Gasteiger partial charge in [0.15, 0.2) is 5.82 Å². The Kier molecular flexibility index (Phi) is 3.35. The molecule has 0 atom stereocenters. The van der Waals surface area contributed by atoms with Crippen molar-refractivity contribution in [3.05, 3.63) is 59.4 Å². The Balaban J connectivity index is 2.00. The van der Waals surface area contributed by atoms with Gasteiger partial charge in [0, 0.05) is 16.8 Å². The first-order valence-corrected chi connectivity index (χ1v) is 6.51. The van der Waals surface area contributed by atoms with Crippen LogP contribution in [0.4, 0.5) is 10.1 Å². The Labute approximate surface area is 121 Å². The average molecular weight is 283 g/mol. The number of hydrogen-bond donors (Lipinski definition) is 1. The lowest BCUT2D eigenvalue weighted by molar-refractivity contribution is 0.579. The molecule has 0 saturated carbocycles. The van der Waals surface area contributed by atoms with Gasteiger partial charge in [-0.15, -0.1) is 5.10 Å². The minimum Gasteiger partial charge on any atom is -0.399 e. The molecule has 3 rings (SSSR count). The van der Waals surface area contributed by atoms with Crippen molar-refractivity contribution in [1.82, 2.24) is 20.2 Å². The first-order valence-electron chi connectivity index (χ1n) is 6.51. The van der Waals surface area contributed by atoms with E-state index in [1.165, 1.54) is 6.07 Å². The third-order valence-electron chi connectivity index (χ3n) is 3.30. The molecule has 0 aliphatic carbocycles. The second-order valence-corrected chi connectivity index (χ2v) is 4.83. The zero-order valence-electron chi connectivity index (χ0n) is 11.5. The van der Waals surface area contributed by atoms with Crippen molar-refractivity contribution >= 4 is 5.69 Å². The molecule has 21 heavy (non-hydrogen) atoms. The molecule has 1 aromatic heterocycles. The third kappa shape index (κ3) is 2.60. The van der Waals surface area contributed by atoms with Crippen LogP contribution in [-0.4, -0.2) is 20.2 Å². The normalized spacial score (nSPS) is 10.8. The number of nitrogens with zero attached hydrogens (tertiary/aromatic N) is 4. The van der Waals surface area contributed by atoms with Gasteiger partial charge in [-0.05, 0) is 47.2 Å². The highest BCUT2D eigenvalue weighted by atomic mass is 19.1. The summed E-state index contributed by atoms with van der Waals surface area (Å²) in [7, 11) is 0. The Morgan fingerprint density at radius 1 is 1.19 bits per heavy atom. The topological polar surface area (TPSA) is 69.6 Å². The highest BCUT2D eigenvalue weighted by Gasteiger charge is 2.13. The standard InChI is InChI=1S/C15H14FN5/c1-10-8-12(17)6-7-13(10)15-18-19-20-21(15)9-11-4-2-3-5-14(11)16/h2-8H,9,17H2,1H3. The summed E-state index contributed by atoms with van der Waals surface area (Å²) < 4.78 is 15.3. The number of tetrazole rings is 1. The molecule has 0 saturated heterocycles. The molecule has 0 aliphatic heterocycles. The van der Waals surface area contributed by atoms with Gasteiger partial charge >= 0.3 is 0 Å². The summed E-state index contributed by atoms with van der Waals surface area (Å²) in [5.74, 6) is 0.323. The Morgan fingerprint density at radius 3 is 2.76 bits per heavy atom. The number of nitrogen functional groups attached to an aromatic ring is 1. The maximum Gasteiger partial charge on any atom is 0.182 e. The molecule has 0 fully saturated rings. The van der Waals surface area contributed by atoms with Crippen LogP contribution in [0.25, 0.3) is 11.4 Å². The van der Waals surface area contributed by atoms with Crippen molar-refractivity contribution in [2.45, 2.75) is 13.5 Å². The smallest absolute Gasteiger partial charge is 0.182 e. The van der Waals surface area contributed by atoms with Gasteiger partial charge in [0.05, 0.1) is 6.54 Å².